The van der Waals surface area contributed by atoms with E-state index in [4.69, 9.17) is 9.84 Å². The zero-order chi connectivity index (χ0) is 13.8. The second kappa shape index (κ2) is 5.72. The molecule has 0 amide bonds. The van der Waals surface area contributed by atoms with E-state index >= 15 is 0 Å². The Hall–Kier alpha value is -1.76. The highest BCUT2D eigenvalue weighted by atomic mass is 19.4. The molecule has 0 atom stereocenters. The molecule has 0 heterocycles. The third-order valence-corrected chi connectivity index (χ3v) is 1.99. The van der Waals surface area contributed by atoms with Gasteiger partial charge in [-0.25, -0.2) is 4.79 Å². The van der Waals surface area contributed by atoms with Crippen LogP contribution in [0.5, 0.6) is 5.75 Å². The predicted molar refractivity (Wildman–Crippen MR) is 55.6 cm³/mol. The minimum absolute atomic E-state index is 0.00664. The summed E-state index contributed by atoms with van der Waals surface area (Å²) in [4.78, 5) is 10.9. The van der Waals surface area contributed by atoms with Crippen molar-refractivity contribution in [2.24, 2.45) is 0 Å². The van der Waals surface area contributed by atoms with Gasteiger partial charge in [-0.15, -0.1) is 0 Å². The lowest BCUT2D eigenvalue weighted by Gasteiger charge is -2.12. The van der Waals surface area contributed by atoms with Gasteiger partial charge in [-0.1, -0.05) is 12.1 Å². The van der Waals surface area contributed by atoms with E-state index in [-0.39, 0.29) is 11.3 Å². The van der Waals surface area contributed by atoms with Crippen molar-refractivity contribution in [3.05, 3.63) is 29.3 Å². The van der Waals surface area contributed by atoms with Crippen LogP contribution in [0.4, 0.5) is 13.2 Å². The molecule has 0 aliphatic rings. The van der Waals surface area contributed by atoms with Crippen molar-refractivity contribution in [3.8, 4) is 5.75 Å². The topological polar surface area (TPSA) is 55.8 Å². The monoisotopic (exact) mass is 264 g/mol. The smallest absolute Gasteiger partial charge is 0.411 e. The van der Waals surface area contributed by atoms with Crippen molar-refractivity contribution in [1.82, 2.24) is 0 Å². The molecule has 0 spiro atoms. The Morgan fingerprint density at radius 3 is 2.61 bits per heavy atom. The van der Waals surface area contributed by atoms with Crippen LogP contribution in [0, 0.1) is 6.92 Å². The molecule has 1 aromatic carbocycles. The summed E-state index contributed by atoms with van der Waals surface area (Å²) in [6.07, 6.45) is -4.44. The van der Waals surface area contributed by atoms with Gasteiger partial charge in [-0.2, -0.15) is 13.2 Å². The summed E-state index contributed by atoms with van der Waals surface area (Å²) in [5.74, 6) is -1.21. The molecule has 100 valence electrons. The van der Waals surface area contributed by atoms with Crippen LogP contribution < -0.4 is 4.74 Å². The summed E-state index contributed by atoms with van der Waals surface area (Å²) in [6.45, 7) is -0.516. The van der Waals surface area contributed by atoms with Gasteiger partial charge in [-0.05, 0) is 18.6 Å². The summed E-state index contributed by atoms with van der Waals surface area (Å²) in [6, 6.07) is 4.40. The number of carboxylic acid groups (broad SMARTS) is 1. The number of alkyl halides is 3. The van der Waals surface area contributed by atoms with Crippen LogP contribution in [-0.4, -0.2) is 30.7 Å². The van der Waals surface area contributed by atoms with Crippen LogP contribution in [0.15, 0.2) is 18.2 Å². The van der Waals surface area contributed by atoms with Crippen molar-refractivity contribution in [3.63, 3.8) is 0 Å². The number of halogens is 3. The number of carbonyl (C=O) groups is 1. The highest BCUT2D eigenvalue weighted by molar-refractivity contribution is 5.91. The number of rotatable bonds is 5. The van der Waals surface area contributed by atoms with Crippen LogP contribution in [0.3, 0.4) is 0 Å². The Bertz CT molecular complexity index is 429. The molecular weight excluding hydrogens is 253 g/mol. The molecule has 18 heavy (non-hydrogen) atoms. The number of benzene rings is 1. The van der Waals surface area contributed by atoms with Gasteiger partial charge in [0.15, 0.2) is 6.79 Å². The minimum Gasteiger partial charge on any atom is -0.478 e. The van der Waals surface area contributed by atoms with Crippen LogP contribution in [-0.2, 0) is 4.74 Å². The molecule has 0 aromatic heterocycles. The van der Waals surface area contributed by atoms with E-state index in [9.17, 15) is 18.0 Å². The van der Waals surface area contributed by atoms with Crippen LogP contribution in [0.2, 0.25) is 0 Å². The highest BCUT2D eigenvalue weighted by Gasteiger charge is 2.27. The number of aryl methyl sites for hydroxylation is 1. The molecule has 4 nitrogen and oxygen atoms in total. The van der Waals surface area contributed by atoms with Gasteiger partial charge in [0.2, 0.25) is 0 Å². The maximum atomic E-state index is 11.8. The number of ether oxygens (including phenoxy) is 2. The molecule has 0 unspecified atom stereocenters. The quantitative estimate of drug-likeness (QED) is 0.656. The molecule has 1 aromatic rings. The van der Waals surface area contributed by atoms with Gasteiger partial charge in [0, 0.05) is 0 Å². The van der Waals surface area contributed by atoms with E-state index < -0.39 is 25.5 Å². The minimum atomic E-state index is -4.44. The standard InChI is InChI=1S/C11H11F3O4/c1-7-3-2-4-8(10(15)16)9(7)18-6-17-5-11(12,13)14/h2-4H,5-6H2,1H3,(H,15,16). The Labute approximate surface area is 101 Å². The van der Waals surface area contributed by atoms with Crippen molar-refractivity contribution in [1.29, 1.82) is 0 Å². The SMILES string of the molecule is Cc1cccc(C(=O)O)c1OCOCC(F)(F)F. The number of carboxylic acids is 1. The summed E-state index contributed by atoms with van der Waals surface area (Å²) < 4.78 is 44.6. The molecule has 0 radical (unpaired) electrons. The normalized spacial score (nSPS) is 11.3. The zero-order valence-corrected chi connectivity index (χ0v) is 9.45. The first-order chi connectivity index (χ1) is 8.31. The van der Waals surface area contributed by atoms with E-state index in [1.54, 1.807) is 13.0 Å². The molecule has 0 fully saturated rings. The number of hydrogen-bond acceptors (Lipinski definition) is 3. The molecule has 0 bridgehead atoms. The molecule has 1 rings (SSSR count). The van der Waals surface area contributed by atoms with Gasteiger partial charge in [0.05, 0.1) is 0 Å². The second-order valence-corrected chi connectivity index (χ2v) is 3.48. The molecule has 0 saturated carbocycles. The Morgan fingerprint density at radius 2 is 2.06 bits per heavy atom. The average molecular weight is 264 g/mol. The van der Waals surface area contributed by atoms with Gasteiger partial charge in [0.1, 0.15) is 17.9 Å². The summed E-state index contributed by atoms with van der Waals surface area (Å²) >= 11 is 0. The Balaban J connectivity index is 2.64. The lowest BCUT2D eigenvalue weighted by atomic mass is 10.1. The van der Waals surface area contributed by atoms with E-state index in [0.717, 1.165) is 0 Å². The second-order valence-electron chi connectivity index (χ2n) is 3.48. The van der Waals surface area contributed by atoms with Crippen molar-refractivity contribution in [2.45, 2.75) is 13.1 Å². The molecule has 0 aliphatic heterocycles. The molecule has 7 heteroatoms. The van der Waals surface area contributed by atoms with Crippen molar-refractivity contribution < 1.29 is 32.5 Å². The third-order valence-electron chi connectivity index (χ3n) is 1.99. The van der Waals surface area contributed by atoms with Crippen molar-refractivity contribution >= 4 is 5.97 Å². The van der Waals surface area contributed by atoms with E-state index in [1.165, 1.54) is 12.1 Å². The summed E-state index contributed by atoms with van der Waals surface area (Å²) in [7, 11) is 0. The predicted octanol–water partition coefficient (Wildman–Crippen LogP) is 2.61. The van der Waals surface area contributed by atoms with Crippen molar-refractivity contribution in [2.75, 3.05) is 13.4 Å². The largest absolute Gasteiger partial charge is 0.478 e. The van der Waals surface area contributed by atoms with Crippen LogP contribution in [0.25, 0.3) is 0 Å². The first-order valence-electron chi connectivity index (χ1n) is 4.91. The number of para-hydroxylation sites is 1. The van der Waals surface area contributed by atoms with Gasteiger partial charge in [0.25, 0.3) is 0 Å². The Kier molecular flexibility index (Phi) is 4.55. The lowest BCUT2D eigenvalue weighted by molar-refractivity contribution is -0.186. The van der Waals surface area contributed by atoms with Gasteiger partial charge in [-0.3, -0.25) is 0 Å². The average Bonchev–Trinajstić information content (AvgIpc) is 2.24. The van der Waals surface area contributed by atoms with Gasteiger partial charge < -0.3 is 14.6 Å². The Morgan fingerprint density at radius 1 is 1.39 bits per heavy atom. The maximum Gasteiger partial charge on any atom is 0.411 e. The number of aromatic carboxylic acids is 1. The van der Waals surface area contributed by atoms with E-state index in [1.807, 2.05) is 0 Å². The maximum absolute atomic E-state index is 11.8. The van der Waals surface area contributed by atoms with E-state index in [2.05, 4.69) is 4.74 Å². The molecule has 0 saturated heterocycles. The fourth-order valence-corrected chi connectivity index (χ4v) is 1.27. The first-order valence-corrected chi connectivity index (χ1v) is 4.91. The van der Waals surface area contributed by atoms with Gasteiger partial charge >= 0.3 is 12.1 Å². The molecular formula is C11H11F3O4. The highest BCUT2D eigenvalue weighted by Crippen LogP contribution is 2.23. The first kappa shape index (κ1) is 14.3. The fourth-order valence-electron chi connectivity index (χ4n) is 1.27. The lowest BCUT2D eigenvalue weighted by Crippen LogP contribution is -2.19. The van der Waals surface area contributed by atoms with E-state index in [0.29, 0.717) is 5.56 Å². The van der Waals surface area contributed by atoms with Crippen LogP contribution in [0.1, 0.15) is 15.9 Å². The third kappa shape index (κ3) is 4.25. The summed E-state index contributed by atoms with van der Waals surface area (Å²) in [5.41, 5.74) is 0.385. The molecule has 0 aliphatic carbocycles. The zero-order valence-electron chi connectivity index (χ0n) is 9.45. The van der Waals surface area contributed by atoms with Crippen LogP contribution >= 0.6 is 0 Å². The summed E-state index contributed by atoms with van der Waals surface area (Å²) in [5, 5.41) is 8.88. The number of hydrogen-bond donors (Lipinski definition) is 1. The molecule has 1 N–H and O–H groups in total. The fraction of sp³-hybridized carbons (Fsp3) is 0.364.